The summed E-state index contributed by atoms with van der Waals surface area (Å²) >= 11 is 3.37. The average Bonchev–Trinajstić information content (AvgIpc) is 2.46. The number of nitriles is 1. The molecule has 1 saturated heterocycles. The van der Waals surface area contributed by atoms with E-state index in [9.17, 15) is 10.1 Å². The average molecular weight is 324 g/mol. The fourth-order valence-corrected chi connectivity index (χ4v) is 2.58. The Morgan fingerprint density at radius 1 is 1.63 bits per heavy atom. The summed E-state index contributed by atoms with van der Waals surface area (Å²) < 4.78 is 6.09. The van der Waals surface area contributed by atoms with Gasteiger partial charge in [0.15, 0.2) is 0 Å². The van der Waals surface area contributed by atoms with E-state index in [1.165, 1.54) is 0 Å². The van der Waals surface area contributed by atoms with Crippen molar-refractivity contribution in [1.82, 2.24) is 5.32 Å². The van der Waals surface area contributed by atoms with Crippen molar-refractivity contribution in [1.29, 1.82) is 5.26 Å². The number of rotatable bonds is 2. The lowest BCUT2D eigenvalue weighted by atomic mass is 10.1. The van der Waals surface area contributed by atoms with Crippen molar-refractivity contribution < 1.29 is 9.53 Å². The van der Waals surface area contributed by atoms with Gasteiger partial charge in [-0.05, 0) is 28.1 Å². The first-order chi connectivity index (χ1) is 9.19. The zero-order valence-corrected chi connectivity index (χ0v) is 12.1. The molecule has 1 unspecified atom stereocenters. The predicted octanol–water partition coefficient (Wildman–Crippen LogP) is 1.27. The zero-order chi connectivity index (χ0) is 13.8. The number of nitrogens with zero attached hydrogens (tertiary/aromatic N) is 2. The predicted molar refractivity (Wildman–Crippen MR) is 74.9 cm³/mol. The van der Waals surface area contributed by atoms with E-state index in [1.54, 1.807) is 7.05 Å². The van der Waals surface area contributed by atoms with Crippen LogP contribution in [0.4, 0.5) is 5.69 Å². The summed E-state index contributed by atoms with van der Waals surface area (Å²) in [4.78, 5) is 13.8. The van der Waals surface area contributed by atoms with Crippen LogP contribution in [-0.4, -0.2) is 38.8 Å². The molecule has 1 N–H and O–H groups in total. The monoisotopic (exact) mass is 323 g/mol. The highest BCUT2D eigenvalue weighted by Crippen LogP contribution is 2.29. The highest BCUT2D eigenvalue weighted by atomic mass is 79.9. The van der Waals surface area contributed by atoms with E-state index in [1.807, 2.05) is 23.1 Å². The quantitative estimate of drug-likeness (QED) is 0.890. The Labute approximate surface area is 120 Å². The number of carbonyl (C=O) groups excluding carboxylic acids is 1. The number of hydrogen-bond acceptors (Lipinski definition) is 4. The third-order valence-corrected chi connectivity index (χ3v) is 3.75. The second kappa shape index (κ2) is 6.04. The Bertz CT molecular complexity index is 527. The van der Waals surface area contributed by atoms with Gasteiger partial charge in [0.05, 0.1) is 24.5 Å². The number of anilines is 1. The second-order valence-corrected chi connectivity index (χ2v) is 5.00. The highest BCUT2D eigenvalue weighted by Gasteiger charge is 2.30. The molecule has 2 rings (SSSR count). The van der Waals surface area contributed by atoms with Gasteiger partial charge >= 0.3 is 0 Å². The van der Waals surface area contributed by atoms with Gasteiger partial charge in [-0.3, -0.25) is 4.79 Å². The Morgan fingerprint density at radius 2 is 2.42 bits per heavy atom. The summed E-state index contributed by atoms with van der Waals surface area (Å²) in [5, 5.41) is 11.9. The molecule has 100 valence electrons. The molecule has 0 saturated carbocycles. The number of benzene rings is 1. The normalized spacial score (nSPS) is 18.8. The molecule has 1 amide bonds. The van der Waals surface area contributed by atoms with Crippen molar-refractivity contribution in [2.75, 3.05) is 31.7 Å². The van der Waals surface area contributed by atoms with Crippen LogP contribution in [0.2, 0.25) is 0 Å². The first-order valence-corrected chi connectivity index (χ1v) is 6.73. The number of likely N-dealkylation sites (N-methyl/N-ethyl adjacent to an activating group) is 1. The maximum Gasteiger partial charge on any atom is 0.244 e. The third-order valence-electron chi connectivity index (χ3n) is 3.09. The number of nitrogens with one attached hydrogen (secondary N) is 1. The van der Waals surface area contributed by atoms with E-state index in [0.717, 1.165) is 10.2 Å². The van der Waals surface area contributed by atoms with Gasteiger partial charge < -0.3 is 15.0 Å². The summed E-state index contributed by atoms with van der Waals surface area (Å²) in [7, 11) is 1.60. The lowest BCUT2D eigenvalue weighted by Gasteiger charge is -2.36. The maximum atomic E-state index is 11.9. The summed E-state index contributed by atoms with van der Waals surface area (Å²) in [6.07, 6.45) is 0. The number of carbonyl (C=O) groups is 1. The lowest BCUT2D eigenvalue weighted by Crippen LogP contribution is -2.53. The molecule has 0 aliphatic carbocycles. The molecule has 5 nitrogen and oxygen atoms in total. The molecular formula is C13H14BrN3O2. The molecule has 1 aromatic rings. The molecule has 1 heterocycles. The molecule has 0 bridgehead atoms. The van der Waals surface area contributed by atoms with Crippen LogP contribution in [0.15, 0.2) is 22.7 Å². The number of morpholine rings is 1. The van der Waals surface area contributed by atoms with Crippen LogP contribution in [0.1, 0.15) is 5.56 Å². The molecule has 6 heteroatoms. The third kappa shape index (κ3) is 2.72. The van der Waals surface area contributed by atoms with Crippen molar-refractivity contribution in [2.24, 2.45) is 0 Å². The number of ether oxygens (including phenoxy) is 1. The molecule has 1 atom stereocenters. The van der Waals surface area contributed by atoms with Crippen molar-refractivity contribution in [3.8, 4) is 6.07 Å². The number of halogens is 1. The van der Waals surface area contributed by atoms with Crippen molar-refractivity contribution in [2.45, 2.75) is 6.04 Å². The van der Waals surface area contributed by atoms with Crippen LogP contribution < -0.4 is 10.2 Å². The first-order valence-electron chi connectivity index (χ1n) is 5.93. The van der Waals surface area contributed by atoms with Crippen molar-refractivity contribution in [3.05, 3.63) is 28.2 Å². The molecular weight excluding hydrogens is 310 g/mol. The van der Waals surface area contributed by atoms with E-state index in [0.29, 0.717) is 25.3 Å². The van der Waals surface area contributed by atoms with Crippen LogP contribution in [0.25, 0.3) is 0 Å². The molecule has 1 aliphatic rings. The van der Waals surface area contributed by atoms with Crippen LogP contribution in [0, 0.1) is 11.3 Å². The summed E-state index contributed by atoms with van der Waals surface area (Å²) in [5.74, 6) is -0.108. The SMILES string of the molecule is CNC(=O)C1COCCN1c1cccc(Br)c1C#N. The van der Waals surface area contributed by atoms with E-state index in [4.69, 9.17) is 4.74 Å². The fraction of sp³-hybridized carbons (Fsp3) is 0.385. The fourth-order valence-electron chi connectivity index (χ4n) is 2.14. The van der Waals surface area contributed by atoms with Gasteiger partial charge in [0, 0.05) is 18.1 Å². The molecule has 0 radical (unpaired) electrons. The summed E-state index contributed by atoms with van der Waals surface area (Å²) in [6, 6.07) is 7.30. The Hall–Kier alpha value is -1.58. The van der Waals surface area contributed by atoms with Crippen LogP contribution in [-0.2, 0) is 9.53 Å². The van der Waals surface area contributed by atoms with Gasteiger partial charge in [-0.2, -0.15) is 5.26 Å². The van der Waals surface area contributed by atoms with Gasteiger partial charge in [-0.1, -0.05) is 6.07 Å². The van der Waals surface area contributed by atoms with Gasteiger partial charge in [-0.15, -0.1) is 0 Å². The Balaban J connectivity index is 2.41. The molecule has 0 spiro atoms. The molecule has 19 heavy (non-hydrogen) atoms. The molecule has 0 aromatic heterocycles. The van der Waals surface area contributed by atoms with Gasteiger partial charge in [0.2, 0.25) is 5.91 Å². The topological polar surface area (TPSA) is 65.4 Å². The minimum absolute atomic E-state index is 0.108. The van der Waals surface area contributed by atoms with Crippen molar-refractivity contribution in [3.63, 3.8) is 0 Å². The van der Waals surface area contributed by atoms with Gasteiger partial charge in [0.25, 0.3) is 0 Å². The molecule has 1 aliphatic heterocycles. The minimum atomic E-state index is -0.403. The van der Waals surface area contributed by atoms with Crippen molar-refractivity contribution >= 4 is 27.5 Å². The van der Waals surface area contributed by atoms with Crippen LogP contribution >= 0.6 is 15.9 Å². The van der Waals surface area contributed by atoms with Crippen LogP contribution in [0.5, 0.6) is 0 Å². The van der Waals surface area contributed by atoms with Gasteiger partial charge in [0.1, 0.15) is 12.1 Å². The zero-order valence-electron chi connectivity index (χ0n) is 10.5. The second-order valence-electron chi connectivity index (χ2n) is 4.14. The largest absolute Gasteiger partial charge is 0.377 e. The van der Waals surface area contributed by atoms with Crippen LogP contribution in [0.3, 0.4) is 0 Å². The van der Waals surface area contributed by atoms with Gasteiger partial charge in [-0.25, -0.2) is 0 Å². The highest BCUT2D eigenvalue weighted by molar-refractivity contribution is 9.10. The maximum absolute atomic E-state index is 11.9. The minimum Gasteiger partial charge on any atom is -0.377 e. The number of amides is 1. The Kier molecular flexibility index (Phi) is 4.40. The molecule has 1 aromatic carbocycles. The van der Waals surface area contributed by atoms with E-state index < -0.39 is 6.04 Å². The Morgan fingerprint density at radius 3 is 3.11 bits per heavy atom. The summed E-state index contributed by atoms with van der Waals surface area (Å²) in [6.45, 7) is 1.46. The van der Waals surface area contributed by atoms with E-state index >= 15 is 0 Å². The molecule has 1 fully saturated rings. The number of hydrogen-bond donors (Lipinski definition) is 1. The summed E-state index contributed by atoms with van der Waals surface area (Å²) in [5.41, 5.74) is 1.30. The standard InChI is InChI=1S/C13H14BrN3O2/c1-16-13(18)12-8-19-6-5-17(12)11-4-2-3-10(14)9(11)7-15/h2-4,12H,5-6,8H2,1H3,(H,16,18). The first kappa shape index (κ1) is 13.8. The smallest absolute Gasteiger partial charge is 0.244 e. The van der Waals surface area contributed by atoms with E-state index in [2.05, 4.69) is 27.3 Å². The lowest BCUT2D eigenvalue weighted by molar-refractivity contribution is -0.124. The van der Waals surface area contributed by atoms with E-state index in [-0.39, 0.29) is 5.91 Å².